The summed E-state index contributed by atoms with van der Waals surface area (Å²) in [6.07, 6.45) is 3.01. The van der Waals surface area contributed by atoms with Crippen LogP contribution in [-0.2, 0) is 20.0 Å². The molecule has 1 aliphatic rings. The number of rotatable bonds is 7. The van der Waals surface area contributed by atoms with E-state index in [-0.39, 0.29) is 21.7 Å². The third-order valence-electron chi connectivity index (χ3n) is 4.91. The van der Waals surface area contributed by atoms with E-state index in [2.05, 4.69) is 20.0 Å². The molecule has 2 aromatic heterocycles. The SMILES string of the molecule is Cc1ccnc(NS(=O)(=O)c2ccc(NC(=O)c3ccc(S(=O)(=O)N4CCCC4)o3)cc2)n1. The fourth-order valence-electron chi connectivity index (χ4n) is 3.22. The molecule has 0 spiro atoms. The highest BCUT2D eigenvalue weighted by Gasteiger charge is 2.30. The molecule has 174 valence electrons. The number of anilines is 2. The maximum atomic E-state index is 12.5. The second-order valence-electron chi connectivity index (χ2n) is 7.34. The molecule has 1 fully saturated rings. The van der Waals surface area contributed by atoms with E-state index in [0.717, 1.165) is 12.8 Å². The molecule has 0 atom stereocenters. The topological polar surface area (TPSA) is 152 Å². The molecular formula is C20H21N5O6S2. The third-order valence-corrected chi connectivity index (χ3v) is 8.02. The minimum absolute atomic E-state index is 0.0510. The van der Waals surface area contributed by atoms with Crippen molar-refractivity contribution in [2.24, 2.45) is 0 Å². The Morgan fingerprint density at radius 3 is 2.36 bits per heavy atom. The number of furan rings is 1. The number of carbonyl (C=O) groups excluding carboxylic acids is 1. The number of nitrogens with one attached hydrogen (secondary N) is 2. The number of hydrogen-bond donors (Lipinski definition) is 2. The van der Waals surface area contributed by atoms with E-state index >= 15 is 0 Å². The summed E-state index contributed by atoms with van der Waals surface area (Å²) in [5, 5.41) is 2.26. The molecule has 1 aromatic carbocycles. The highest BCUT2D eigenvalue weighted by atomic mass is 32.2. The van der Waals surface area contributed by atoms with Crippen LogP contribution < -0.4 is 10.0 Å². The Labute approximate surface area is 191 Å². The smallest absolute Gasteiger partial charge is 0.291 e. The molecule has 33 heavy (non-hydrogen) atoms. The van der Waals surface area contributed by atoms with Crippen LogP contribution in [0.2, 0.25) is 0 Å². The Balaban J connectivity index is 1.44. The molecule has 2 N–H and O–H groups in total. The summed E-state index contributed by atoms with van der Waals surface area (Å²) in [4.78, 5) is 20.3. The van der Waals surface area contributed by atoms with Crippen molar-refractivity contribution in [3.8, 4) is 0 Å². The first kappa shape index (κ1) is 22.9. The van der Waals surface area contributed by atoms with Gasteiger partial charge in [0.05, 0.1) is 4.90 Å². The highest BCUT2D eigenvalue weighted by Crippen LogP contribution is 2.23. The Morgan fingerprint density at radius 1 is 1.00 bits per heavy atom. The molecule has 1 saturated heterocycles. The lowest BCUT2D eigenvalue weighted by atomic mass is 10.3. The van der Waals surface area contributed by atoms with Crippen molar-refractivity contribution in [3.05, 3.63) is 60.1 Å². The number of carbonyl (C=O) groups is 1. The van der Waals surface area contributed by atoms with Gasteiger partial charge in [0.2, 0.25) is 11.0 Å². The zero-order valence-electron chi connectivity index (χ0n) is 17.6. The second-order valence-corrected chi connectivity index (χ2v) is 10.9. The van der Waals surface area contributed by atoms with Crippen LogP contribution in [0.25, 0.3) is 0 Å². The number of hydrogen-bond acceptors (Lipinski definition) is 8. The van der Waals surface area contributed by atoms with Gasteiger partial charge in [0, 0.05) is 30.7 Å². The van der Waals surface area contributed by atoms with E-state index in [9.17, 15) is 21.6 Å². The molecule has 0 unspecified atom stereocenters. The van der Waals surface area contributed by atoms with Gasteiger partial charge in [-0.2, -0.15) is 4.31 Å². The number of aryl methyl sites for hydroxylation is 1. The monoisotopic (exact) mass is 491 g/mol. The number of amides is 1. The van der Waals surface area contributed by atoms with Crippen LogP contribution in [0, 0.1) is 6.92 Å². The molecule has 11 nitrogen and oxygen atoms in total. The molecule has 0 saturated carbocycles. The van der Waals surface area contributed by atoms with Crippen LogP contribution >= 0.6 is 0 Å². The first-order valence-corrected chi connectivity index (χ1v) is 12.9. The summed E-state index contributed by atoms with van der Waals surface area (Å²) in [7, 11) is -7.70. The molecule has 0 aliphatic carbocycles. The van der Waals surface area contributed by atoms with Gasteiger partial charge in [0.25, 0.3) is 26.0 Å². The molecule has 1 aliphatic heterocycles. The first-order valence-electron chi connectivity index (χ1n) is 9.99. The zero-order chi connectivity index (χ0) is 23.6. The number of nitrogens with zero attached hydrogens (tertiary/aromatic N) is 3. The fourth-order valence-corrected chi connectivity index (χ4v) is 5.60. The summed E-state index contributed by atoms with van der Waals surface area (Å²) < 4.78 is 59.0. The summed E-state index contributed by atoms with van der Waals surface area (Å²) in [6, 6.07) is 9.57. The third kappa shape index (κ3) is 5.05. The maximum absolute atomic E-state index is 12.5. The first-order chi connectivity index (χ1) is 15.6. The van der Waals surface area contributed by atoms with E-state index in [0.29, 0.717) is 24.5 Å². The van der Waals surface area contributed by atoms with E-state index < -0.39 is 26.0 Å². The molecule has 0 bridgehead atoms. The van der Waals surface area contributed by atoms with Crippen molar-refractivity contribution < 1.29 is 26.0 Å². The quantitative estimate of drug-likeness (QED) is 0.510. The predicted octanol–water partition coefficient (Wildman–Crippen LogP) is 2.22. The van der Waals surface area contributed by atoms with Crippen molar-refractivity contribution in [3.63, 3.8) is 0 Å². The normalized spacial score (nSPS) is 14.8. The molecule has 13 heteroatoms. The summed E-state index contributed by atoms with van der Waals surface area (Å²) in [5.41, 5.74) is 0.904. The highest BCUT2D eigenvalue weighted by molar-refractivity contribution is 7.92. The molecule has 0 radical (unpaired) electrons. The van der Waals surface area contributed by atoms with Crippen LogP contribution in [-0.4, -0.2) is 50.1 Å². The summed E-state index contributed by atoms with van der Waals surface area (Å²) in [6.45, 7) is 2.55. The van der Waals surface area contributed by atoms with Crippen molar-refractivity contribution in [1.82, 2.24) is 14.3 Å². The van der Waals surface area contributed by atoms with Crippen LogP contribution in [0.15, 0.2) is 63.1 Å². The van der Waals surface area contributed by atoms with Crippen molar-refractivity contribution in [2.45, 2.75) is 29.8 Å². The minimum atomic E-state index is -3.93. The van der Waals surface area contributed by atoms with Crippen LogP contribution in [0.1, 0.15) is 29.1 Å². The number of benzene rings is 1. The van der Waals surface area contributed by atoms with Crippen LogP contribution in [0.5, 0.6) is 0 Å². The lowest BCUT2D eigenvalue weighted by Gasteiger charge is -2.12. The van der Waals surface area contributed by atoms with Gasteiger partial charge in [-0.05, 0) is 62.2 Å². The van der Waals surface area contributed by atoms with Crippen molar-refractivity contribution in [2.75, 3.05) is 23.1 Å². The van der Waals surface area contributed by atoms with Crippen LogP contribution in [0.4, 0.5) is 11.6 Å². The molecule has 3 aromatic rings. The van der Waals surface area contributed by atoms with E-state index in [1.54, 1.807) is 13.0 Å². The van der Waals surface area contributed by atoms with E-state index in [1.165, 1.54) is 46.9 Å². The lowest BCUT2D eigenvalue weighted by molar-refractivity contribution is 0.0991. The lowest BCUT2D eigenvalue weighted by Crippen LogP contribution is -2.27. The molecule has 4 rings (SSSR count). The number of sulfonamides is 2. The van der Waals surface area contributed by atoms with Gasteiger partial charge in [0.15, 0.2) is 5.76 Å². The largest absolute Gasteiger partial charge is 0.438 e. The fraction of sp³-hybridized carbons (Fsp3) is 0.250. The van der Waals surface area contributed by atoms with Crippen molar-refractivity contribution in [1.29, 1.82) is 0 Å². The molecular weight excluding hydrogens is 470 g/mol. The van der Waals surface area contributed by atoms with Gasteiger partial charge in [-0.1, -0.05) is 0 Å². The van der Waals surface area contributed by atoms with Gasteiger partial charge in [0.1, 0.15) is 0 Å². The Kier molecular flexibility index (Phi) is 6.19. The van der Waals surface area contributed by atoms with Gasteiger partial charge >= 0.3 is 0 Å². The summed E-state index contributed by atoms with van der Waals surface area (Å²) >= 11 is 0. The summed E-state index contributed by atoms with van der Waals surface area (Å²) in [5.74, 6) is -0.896. The zero-order valence-corrected chi connectivity index (χ0v) is 19.2. The van der Waals surface area contributed by atoms with Crippen molar-refractivity contribution >= 4 is 37.6 Å². The average Bonchev–Trinajstić information content (AvgIpc) is 3.47. The van der Waals surface area contributed by atoms with Crippen LogP contribution in [0.3, 0.4) is 0 Å². The predicted molar refractivity (Wildman–Crippen MR) is 119 cm³/mol. The van der Waals surface area contributed by atoms with E-state index in [1.807, 2.05) is 0 Å². The average molecular weight is 492 g/mol. The van der Waals surface area contributed by atoms with Gasteiger partial charge in [-0.25, -0.2) is 31.5 Å². The van der Waals surface area contributed by atoms with Gasteiger partial charge in [-0.15, -0.1) is 0 Å². The molecule has 1 amide bonds. The van der Waals surface area contributed by atoms with Gasteiger partial charge in [-0.3, -0.25) is 4.79 Å². The van der Waals surface area contributed by atoms with Gasteiger partial charge < -0.3 is 9.73 Å². The second kappa shape index (κ2) is 8.92. The maximum Gasteiger partial charge on any atom is 0.291 e. The Bertz CT molecular complexity index is 1380. The minimum Gasteiger partial charge on any atom is -0.438 e. The Morgan fingerprint density at radius 2 is 1.70 bits per heavy atom. The van der Waals surface area contributed by atoms with E-state index in [4.69, 9.17) is 4.42 Å². The Hall–Kier alpha value is -3.29. The standard InChI is InChI=1S/C20H21N5O6S2/c1-14-10-11-21-20(22-14)24-32(27,28)16-6-4-15(5-7-16)23-19(26)17-8-9-18(31-17)33(29,30)25-12-2-3-13-25/h4-11H,2-3,12-13H2,1H3,(H,23,26)(H,21,22,24). The number of aromatic nitrogens is 2. The molecule has 3 heterocycles.